The Morgan fingerprint density at radius 2 is 2.00 bits per heavy atom. The minimum Gasteiger partial charge on any atom is -0.288 e. The van der Waals surface area contributed by atoms with Crippen molar-refractivity contribution in [2.45, 2.75) is 37.7 Å². The molecule has 2 heterocycles. The van der Waals surface area contributed by atoms with Gasteiger partial charge in [-0.2, -0.15) is 0 Å². The van der Waals surface area contributed by atoms with Gasteiger partial charge in [0.1, 0.15) is 11.4 Å². The molecule has 0 amide bonds. The zero-order valence-corrected chi connectivity index (χ0v) is 13.2. The van der Waals surface area contributed by atoms with Gasteiger partial charge in [-0.05, 0) is 55.4 Å². The Morgan fingerprint density at radius 1 is 1.17 bits per heavy atom. The summed E-state index contributed by atoms with van der Waals surface area (Å²) in [5.41, 5.74) is 6.42. The molecule has 6 rings (SSSR count). The first-order valence-electron chi connectivity index (χ1n) is 8.63. The van der Waals surface area contributed by atoms with E-state index in [0.29, 0.717) is 5.92 Å². The average molecular weight is 310 g/mol. The van der Waals surface area contributed by atoms with Crippen LogP contribution in [0.2, 0.25) is 0 Å². The summed E-state index contributed by atoms with van der Waals surface area (Å²) in [5, 5.41) is 4.30. The number of rotatable bonds is 2. The number of benzene rings is 1. The largest absolute Gasteiger partial charge is 0.288 e. The Bertz CT molecular complexity index is 728. The number of pyridine rings is 1. The molecule has 2 aromatic rings. The Kier molecular flexibility index (Phi) is 3.08. The lowest BCUT2D eigenvalue weighted by molar-refractivity contribution is -0.146. The highest BCUT2D eigenvalue weighted by atomic mass is 16.7. The molecule has 1 aromatic carbocycles. The van der Waals surface area contributed by atoms with Crippen LogP contribution in [-0.2, 0) is 4.84 Å². The van der Waals surface area contributed by atoms with E-state index in [-0.39, 0.29) is 5.60 Å². The maximum absolute atomic E-state index is 6.07. The average Bonchev–Trinajstić information content (AvgIpc) is 2.98. The van der Waals surface area contributed by atoms with Gasteiger partial charge < -0.3 is 0 Å². The predicted octanol–water partition coefficient (Wildman–Crippen LogP) is 3.26. The van der Waals surface area contributed by atoms with E-state index in [4.69, 9.17) is 4.84 Å². The Morgan fingerprint density at radius 3 is 2.78 bits per heavy atom. The van der Waals surface area contributed by atoms with E-state index in [1.165, 1.54) is 37.5 Å². The molecule has 1 saturated heterocycles. The van der Waals surface area contributed by atoms with Crippen LogP contribution in [0.15, 0.2) is 36.5 Å². The molecule has 4 fully saturated rings. The summed E-state index contributed by atoms with van der Waals surface area (Å²) in [6.45, 7) is 0.878. The smallest absolute Gasteiger partial charge is 0.142 e. The zero-order chi connectivity index (χ0) is 15.3. The van der Waals surface area contributed by atoms with Gasteiger partial charge in [0.05, 0.1) is 6.54 Å². The van der Waals surface area contributed by atoms with Gasteiger partial charge in [-0.25, -0.2) is 4.98 Å². The number of nitrogens with zero attached hydrogens (tertiary/aromatic N) is 2. The lowest BCUT2D eigenvalue weighted by atomic mass is 9.62. The second kappa shape index (κ2) is 5.16. The van der Waals surface area contributed by atoms with Crippen LogP contribution in [0.1, 0.15) is 32.1 Å². The quantitative estimate of drug-likeness (QED) is 0.891. The van der Waals surface area contributed by atoms with E-state index in [0.717, 1.165) is 23.7 Å². The van der Waals surface area contributed by atoms with Gasteiger partial charge in [0.2, 0.25) is 0 Å². The highest BCUT2D eigenvalue weighted by Crippen LogP contribution is 2.50. The maximum atomic E-state index is 6.07. The molecule has 1 atom stereocenters. The third-order valence-electron chi connectivity index (χ3n) is 5.89. The molecular formula is C18H22N4O. The predicted molar refractivity (Wildman–Crippen MR) is 89.1 cm³/mol. The van der Waals surface area contributed by atoms with Crippen molar-refractivity contribution in [2.24, 2.45) is 11.8 Å². The van der Waals surface area contributed by atoms with Gasteiger partial charge in [-0.15, -0.1) is 10.7 Å². The Hall–Kier alpha value is -1.69. The van der Waals surface area contributed by atoms with E-state index in [1.807, 2.05) is 17.4 Å². The molecule has 1 spiro atoms. The lowest BCUT2D eigenvalue weighted by Crippen LogP contribution is -2.50. The molecule has 0 radical (unpaired) electrons. The summed E-state index contributed by atoms with van der Waals surface area (Å²) in [6.07, 6.45) is 8.49. The highest BCUT2D eigenvalue weighted by Gasteiger charge is 2.53. The van der Waals surface area contributed by atoms with Crippen LogP contribution in [0.5, 0.6) is 0 Å². The first-order chi connectivity index (χ1) is 11.3. The number of aromatic nitrogens is 1. The van der Waals surface area contributed by atoms with Crippen LogP contribution < -0.4 is 11.0 Å². The molecule has 0 unspecified atom stereocenters. The fourth-order valence-corrected chi connectivity index (χ4v) is 4.69. The van der Waals surface area contributed by atoms with Gasteiger partial charge in [0, 0.05) is 11.6 Å². The van der Waals surface area contributed by atoms with Gasteiger partial charge >= 0.3 is 0 Å². The van der Waals surface area contributed by atoms with Crippen LogP contribution in [0, 0.1) is 11.8 Å². The van der Waals surface area contributed by atoms with Gasteiger partial charge in [-0.1, -0.05) is 24.3 Å². The van der Waals surface area contributed by atoms with E-state index >= 15 is 0 Å². The number of fused-ring (bicyclic) bond motifs is 3. The molecule has 5 nitrogen and oxygen atoms in total. The lowest BCUT2D eigenvalue weighted by Gasteiger charge is -2.47. The molecule has 120 valence electrons. The van der Waals surface area contributed by atoms with Crippen molar-refractivity contribution in [3.8, 4) is 0 Å². The molecular weight excluding hydrogens is 288 g/mol. The number of hydrogen-bond donors (Lipinski definition) is 2. The molecule has 1 aliphatic heterocycles. The molecule has 23 heavy (non-hydrogen) atoms. The van der Waals surface area contributed by atoms with E-state index < -0.39 is 0 Å². The second-order valence-corrected chi connectivity index (χ2v) is 7.29. The number of hydrogen-bond acceptors (Lipinski definition) is 5. The molecule has 3 saturated carbocycles. The summed E-state index contributed by atoms with van der Waals surface area (Å²) in [6, 6.07) is 10.4. The van der Waals surface area contributed by atoms with Crippen molar-refractivity contribution < 1.29 is 4.84 Å². The summed E-state index contributed by atoms with van der Waals surface area (Å²) in [7, 11) is 0. The number of hydrazine groups is 2. The first-order valence-corrected chi connectivity index (χ1v) is 8.63. The van der Waals surface area contributed by atoms with Crippen molar-refractivity contribution in [3.63, 3.8) is 0 Å². The minimum absolute atomic E-state index is 0.00891. The number of anilines is 1. The standard InChI is InChI=1S/C18H22N4O/c1-2-4-15-11-19-17(9-14(15)3-1)20-22-12-18(23-21-22)10-13-5-7-16(18)8-6-13/h1-4,9,11,13,16,21H,5-8,10,12H2,(H,19,20)/t13?,16?,18-/m0/s1. The van der Waals surface area contributed by atoms with E-state index in [1.54, 1.807) is 0 Å². The van der Waals surface area contributed by atoms with Crippen molar-refractivity contribution in [3.05, 3.63) is 36.5 Å². The van der Waals surface area contributed by atoms with Crippen LogP contribution in [0.4, 0.5) is 5.82 Å². The first kappa shape index (κ1) is 13.7. The van der Waals surface area contributed by atoms with Gasteiger partial charge in [0.25, 0.3) is 0 Å². The zero-order valence-electron chi connectivity index (χ0n) is 13.2. The fraction of sp³-hybridized carbons (Fsp3) is 0.500. The summed E-state index contributed by atoms with van der Waals surface area (Å²) in [5.74, 6) is 2.38. The van der Waals surface area contributed by atoms with Crippen molar-refractivity contribution in [1.82, 2.24) is 15.7 Å². The monoisotopic (exact) mass is 310 g/mol. The molecule has 1 aromatic heterocycles. The summed E-state index contributed by atoms with van der Waals surface area (Å²) < 4.78 is 0. The van der Waals surface area contributed by atoms with Crippen LogP contribution in [-0.4, -0.2) is 22.2 Å². The van der Waals surface area contributed by atoms with Crippen molar-refractivity contribution in [2.75, 3.05) is 12.0 Å². The fourth-order valence-electron chi connectivity index (χ4n) is 4.69. The molecule has 2 N–H and O–H groups in total. The normalized spacial score (nSPS) is 33.6. The third-order valence-corrected chi connectivity index (χ3v) is 5.89. The Balaban J connectivity index is 1.33. The second-order valence-electron chi connectivity index (χ2n) is 7.29. The molecule has 4 aliphatic rings. The van der Waals surface area contributed by atoms with E-state index in [9.17, 15) is 0 Å². The molecule has 2 bridgehead atoms. The van der Waals surface area contributed by atoms with E-state index in [2.05, 4.69) is 40.3 Å². The highest BCUT2D eigenvalue weighted by molar-refractivity contribution is 5.83. The number of nitrogens with one attached hydrogen (secondary N) is 2. The maximum Gasteiger partial charge on any atom is 0.142 e. The van der Waals surface area contributed by atoms with Crippen molar-refractivity contribution >= 4 is 16.6 Å². The van der Waals surface area contributed by atoms with Crippen LogP contribution in [0.3, 0.4) is 0 Å². The summed E-state index contributed by atoms with van der Waals surface area (Å²) >= 11 is 0. The minimum atomic E-state index is -0.00891. The van der Waals surface area contributed by atoms with Gasteiger partial charge in [0.15, 0.2) is 0 Å². The van der Waals surface area contributed by atoms with Crippen LogP contribution >= 0.6 is 0 Å². The molecule has 3 aliphatic carbocycles. The Labute approximate surface area is 135 Å². The summed E-state index contributed by atoms with van der Waals surface area (Å²) in [4.78, 5) is 10.6. The van der Waals surface area contributed by atoms with Crippen molar-refractivity contribution in [1.29, 1.82) is 0 Å². The third kappa shape index (κ3) is 2.31. The molecule has 5 heteroatoms. The SMILES string of the molecule is c1ccc2cc(NN3C[C@]4(CC5CCC4CC5)ON3)ncc2c1. The van der Waals surface area contributed by atoms with Gasteiger partial charge in [-0.3, -0.25) is 10.3 Å². The van der Waals surface area contributed by atoms with Crippen LogP contribution in [0.25, 0.3) is 10.8 Å². The topological polar surface area (TPSA) is 49.4 Å².